The van der Waals surface area contributed by atoms with Gasteiger partial charge in [-0.3, -0.25) is 4.79 Å². The molecule has 0 unspecified atom stereocenters. The van der Waals surface area contributed by atoms with E-state index in [1.807, 2.05) is 0 Å². The van der Waals surface area contributed by atoms with Crippen molar-refractivity contribution >= 4 is 29.4 Å². The van der Waals surface area contributed by atoms with Gasteiger partial charge in [0.2, 0.25) is 6.79 Å². The van der Waals surface area contributed by atoms with Gasteiger partial charge in [-0.05, 0) is 36.4 Å². The summed E-state index contributed by atoms with van der Waals surface area (Å²) in [6.07, 6.45) is 1.11. The number of nitrogens with one attached hydrogen (secondary N) is 1. The molecule has 1 amide bonds. The molecule has 0 aliphatic carbocycles. The van der Waals surface area contributed by atoms with E-state index < -0.39 is 5.91 Å². The molecule has 24 heavy (non-hydrogen) atoms. The number of rotatable bonds is 4. The SMILES string of the molecule is O=C(NN=C(C=NO)c1ccc2c(c1)OCO2)c1cccc(Cl)c1. The van der Waals surface area contributed by atoms with Gasteiger partial charge in [-0.15, -0.1) is 0 Å². The van der Waals surface area contributed by atoms with Crippen LogP contribution in [0.3, 0.4) is 0 Å². The van der Waals surface area contributed by atoms with E-state index in [2.05, 4.69) is 15.7 Å². The number of nitrogens with zero attached hydrogens (tertiary/aromatic N) is 2. The van der Waals surface area contributed by atoms with E-state index in [0.717, 1.165) is 6.21 Å². The Labute approximate surface area is 142 Å². The molecule has 3 rings (SSSR count). The number of hydrogen-bond acceptors (Lipinski definition) is 6. The number of carbonyl (C=O) groups excluding carboxylic acids is 1. The molecule has 0 saturated carbocycles. The lowest BCUT2D eigenvalue weighted by Crippen LogP contribution is -2.20. The molecule has 0 spiro atoms. The van der Waals surface area contributed by atoms with E-state index >= 15 is 0 Å². The average molecular weight is 346 g/mol. The van der Waals surface area contributed by atoms with Gasteiger partial charge in [0.15, 0.2) is 11.5 Å². The molecule has 1 aliphatic heterocycles. The van der Waals surface area contributed by atoms with Gasteiger partial charge in [0.05, 0.1) is 6.21 Å². The predicted octanol–water partition coefficient (Wildman–Crippen LogP) is 2.66. The number of fused-ring (bicyclic) bond motifs is 1. The van der Waals surface area contributed by atoms with E-state index in [4.69, 9.17) is 26.3 Å². The summed E-state index contributed by atoms with van der Waals surface area (Å²) in [6, 6.07) is 11.5. The highest BCUT2D eigenvalue weighted by molar-refractivity contribution is 6.38. The summed E-state index contributed by atoms with van der Waals surface area (Å²) in [7, 11) is 0. The van der Waals surface area contributed by atoms with Gasteiger partial charge in [-0.2, -0.15) is 5.10 Å². The van der Waals surface area contributed by atoms with Gasteiger partial charge in [-0.25, -0.2) is 5.43 Å². The van der Waals surface area contributed by atoms with Crippen molar-refractivity contribution in [2.75, 3.05) is 6.79 Å². The summed E-state index contributed by atoms with van der Waals surface area (Å²) in [5.74, 6) is 0.719. The predicted molar refractivity (Wildman–Crippen MR) is 88.3 cm³/mol. The zero-order chi connectivity index (χ0) is 16.9. The van der Waals surface area contributed by atoms with Crippen molar-refractivity contribution in [3.05, 3.63) is 58.6 Å². The minimum absolute atomic E-state index is 0.144. The number of amides is 1. The van der Waals surface area contributed by atoms with Gasteiger partial charge in [0, 0.05) is 16.1 Å². The highest BCUT2D eigenvalue weighted by Gasteiger charge is 2.15. The fourth-order valence-corrected chi connectivity index (χ4v) is 2.27. The van der Waals surface area contributed by atoms with Crippen LogP contribution in [0, 0.1) is 0 Å². The van der Waals surface area contributed by atoms with E-state index in [9.17, 15) is 4.79 Å². The summed E-state index contributed by atoms with van der Waals surface area (Å²) in [5, 5.41) is 16.2. The lowest BCUT2D eigenvalue weighted by Gasteiger charge is -2.04. The van der Waals surface area contributed by atoms with Crippen LogP contribution >= 0.6 is 11.6 Å². The molecule has 122 valence electrons. The number of hydrogen-bond donors (Lipinski definition) is 2. The second kappa shape index (κ2) is 7.01. The number of oxime groups is 1. The number of carbonyl (C=O) groups is 1. The Morgan fingerprint density at radius 3 is 2.79 bits per heavy atom. The summed E-state index contributed by atoms with van der Waals surface area (Å²) in [4.78, 5) is 12.1. The summed E-state index contributed by atoms with van der Waals surface area (Å²) >= 11 is 5.86. The van der Waals surface area contributed by atoms with Crippen LogP contribution in [0.15, 0.2) is 52.7 Å². The highest BCUT2D eigenvalue weighted by atomic mass is 35.5. The van der Waals surface area contributed by atoms with Crippen LogP contribution in [0.1, 0.15) is 15.9 Å². The monoisotopic (exact) mass is 345 g/mol. The molecule has 7 nitrogen and oxygen atoms in total. The minimum atomic E-state index is -0.443. The number of halogens is 1. The van der Waals surface area contributed by atoms with Crippen LogP contribution < -0.4 is 14.9 Å². The number of hydrazone groups is 1. The normalized spacial score (nSPS) is 13.3. The summed E-state index contributed by atoms with van der Waals surface area (Å²) in [5.41, 5.74) is 3.58. The Balaban J connectivity index is 1.83. The molecular formula is C16H12ClN3O4. The van der Waals surface area contributed by atoms with Crippen molar-refractivity contribution in [1.29, 1.82) is 0 Å². The van der Waals surface area contributed by atoms with Crippen molar-refractivity contribution in [3.63, 3.8) is 0 Å². The molecule has 0 atom stereocenters. The lowest BCUT2D eigenvalue weighted by molar-refractivity contribution is 0.0955. The maximum absolute atomic E-state index is 12.1. The first-order chi connectivity index (χ1) is 11.7. The first-order valence-electron chi connectivity index (χ1n) is 6.88. The summed E-state index contributed by atoms with van der Waals surface area (Å²) in [6.45, 7) is 0.144. The van der Waals surface area contributed by atoms with Crippen LogP contribution in [-0.2, 0) is 0 Å². The molecule has 0 radical (unpaired) electrons. The third kappa shape index (κ3) is 3.47. The van der Waals surface area contributed by atoms with Crippen LogP contribution in [-0.4, -0.2) is 29.8 Å². The highest BCUT2D eigenvalue weighted by Crippen LogP contribution is 2.32. The molecule has 2 aromatic rings. The average Bonchev–Trinajstić information content (AvgIpc) is 3.06. The van der Waals surface area contributed by atoms with Crippen molar-refractivity contribution in [3.8, 4) is 11.5 Å². The van der Waals surface area contributed by atoms with Gasteiger partial charge in [0.1, 0.15) is 5.71 Å². The van der Waals surface area contributed by atoms with E-state index in [0.29, 0.717) is 27.6 Å². The zero-order valence-corrected chi connectivity index (χ0v) is 13.0. The molecule has 0 saturated heterocycles. The van der Waals surface area contributed by atoms with Crippen molar-refractivity contribution in [1.82, 2.24) is 5.43 Å². The van der Waals surface area contributed by atoms with Crippen molar-refractivity contribution < 1.29 is 19.5 Å². The molecule has 0 aromatic heterocycles. The Kier molecular flexibility index (Phi) is 4.62. The molecule has 2 aromatic carbocycles. The van der Waals surface area contributed by atoms with Gasteiger partial charge in [0.25, 0.3) is 5.91 Å². The summed E-state index contributed by atoms with van der Waals surface area (Å²) < 4.78 is 10.5. The first kappa shape index (κ1) is 15.8. The van der Waals surface area contributed by atoms with Crippen LogP contribution in [0.2, 0.25) is 5.02 Å². The van der Waals surface area contributed by atoms with Crippen molar-refractivity contribution in [2.24, 2.45) is 10.3 Å². The maximum Gasteiger partial charge on any atom is 0.271 e. The second-order valence-electron chi connectivity index (χ2n) is 4.76. The number of ether oxygens (including phenoxy) is 2. The molecule has 0 fully saturated rings. The topological polar surface area (TPSA) is 92.5 Å². The molecule has 1 aliphatic rings. The second-order valence-corrected chi connectivity index (χ2v) is 5.20. The maximum atomic E-state index is 12.1. The zero-order valence-electron chi connectivity index (χ0n) is 12.3. The quantitative estimate of drug-likeness (QED) is 0.506. The van der Waals surface area contributed by atoms with Gasteiger partial charge >= 0.3 is 0 Å². The fourth-order valence-electron chi connectivity index (χ4n) is 2.08. The Morgan fingerprint density at radius 1 is 1.17 bits per heavy atom. The van der Waals surface area contributed by atoms with Crippen LogP contribution in [0.5, 0.6) is 11.5 Å². The standard InChI is InChI=1S/C16H12ClN3O4/c17-12-3-1-2-11(6-12)16(21)20-19-13(8-18-22)10-4-5-14-15(7-10)24-9-23-14/h1-8,22H,9H2,(H,20,21). The number of benzene rings is 2. The molecule has 1 heterocycles. The van der Waals surface area contributed by atoms with E-state index in [-0.39, 0.29) is 12.5 Å². The van der Waals surface area contributed by atoms with Crippen LogP contribution in [0.4, 0.5) is 0 Å². The first-order valence-corrected chi connectivity index (χ1v) is 7.26. The molecule has 8 heteroatoms. The van der Waals surface area contributed by atoms with Gasteiger partial charge < -0.3 is 14.7 Å². The molecular weight excluding hydrogens is 334 g/mol. The lowest BCUT2D eigenvalue weighted by atomic mass is 10.1. The third-order valence-corrected chi connectivity index (χ3v) is 3.45. The van der Waals surface area contributed by atoms with E-state index in [1.165, 1.54) is 6.07 Å². The van der Waals surface area contributed by atoms with Crippen LogP contribution in [0.25, 0.3) is 0 Å². The molecule has 2 N–H and O–H groups in total. The smallest absolute Gasteiger partial charge is 0.271 e. The fraction of sp³-hybridized carbons (Fsp3) is 0.0625. The molecule has 0 bridgehead atoms. The minimum Gasteiger partial charge on any atom is -0.454 e. The van der Waals surface area contributed by atoms with Gasteiger partial charge in [-0.1, -0.05) is 22.8 Å². The third-order valence-electron chi connectivity index (χ3n) is 3.21. The largest absolute Gasteiger partial charge is 0.454 e. The Bertz CT molecular complexity index is 836. The van der Waals surface area contributed by atoms with E-state index in [1.54, 1.807) is 36.4 Å². The van der Waals surface area contributed by atoms with Crippen molar-refractivity contribution in [2.45, 2.75) is 0 Å². The Morgan fingerprint density at radius 2 is 2.00 bits per heavy atom. The Hall–Kier alpha value is -3.06.